The molecule has 0 saturated carbocycles. The van der Waals surface area contributed by atoms with Crippen LogP contribution in [0.4, 0.5) is 52.7 Å². The first kappa shape index (κ1) is 36.4. The molecule has 0 unspecified atom stereocenters. The number of nitriles is 4. The van der Waals surface area contributed by atoms with Gasteiger partial charge in [-0.15, -0.1) is 0 Å². The highest BCUT2D eigenvalue weighted by molar-refractivity contribution is 5.96. The van der Waals surface area contributed by atoms with Crippen LogP contribution in [0.5, 0.6) is 23.0 Å². The first-order valence-electron chi connectivity index (χ1n) is 13.0. The van der Waals surface area contributed by atoms with Crippen molar-refractivity contribution in [2.75, 3.05) is 0 Å². The van der Waals surface area contributed by atoms with E-state index in [0.717, 1.165) is 24.3 Å². The van der Waals surface area contributed by atoms with Gasteiger partial charge in [-0.3, -0.25) is 0 Å². The SMILES string of the molecule is N#CC(C#N)=c1ccc2c(Oc3cc(C(F)(F)F)cc(C(F)(F)F)c3)c(=C(C#N)C#N)ccc2c1Oc1cc(C(F)(F)F)cc(C(F)(F)F)c1. The van der Waals surface area contributed by atoms with Crippen molar-refractivity contribution in [3.8, 4) is 47.3 Å². The minimum atomic E-state index is -5.34. The maximum atomic E-state index is 13.6. The fraction of sp³-hybridized carbons (Fsp3) is 0.125. The summed E-state index contributed by atoms with van der Waals surface area (Å²) >= 11 is 0. The van der Waals surface area contributed by atoms with Crippen LogP contribution in [-0.2, 0) is 24.7 Å². The van der Waals surface area contributed by atoms with Gasteiger partial charge in [-0.05, 0) is 60.7 Å². The molecule has 18 heteroatoms. The Bertz CT molecular complexity index is 2070. The van der Waals surface area contributed by atoms with Crippen LogP contribution in [-0.4, -0.2) is 0 Å². The van der Waals surface area contributed by atoms with E-state index in [4.69, 9.17) is 9.47 Å². The van der Waals surface area contributed by atoms with E-state index in [0.29, 0.717) is 0 Å². The molecular weight excluding hydrogens is 700 g/mol. The second-order valence-corrected chi connectivity index (χ2v) is 9.86. The van der Waals surface area contributed by atoms with E-state index in [1.54, 1.807) is 0 Å². The van der Waals surface area contributed by atoms with Crippen LogP contribution in [0.15, 0.2) is 60.7 Å². The lowest BCUT2D eigenvalue weighted by atomic mass is 10.0. The topological polar surface area (TPSA) is 114 Å². The third-order valence-corrected chi connectivity index (χ3v) is 6.65. The summed E-state index contributed by atoms with van der Waals surface area (Å²) in [6, 6.07) is 9.61. The van der Waals surface area contributed by atoms with Crippen molar-refractivity contribution in [3.63, 3.8) is 0 Å². The molecule has 0 radical (unpaired) electrons. The molecular formula is C32H10F12N4O2. The minimum absolute atomic E-state index is 0.153. The van der Waals surface area contributed by atoms with Crippen LogP contribution in [0.2, 0.25) is 0 Å². The summed E-state index contributed by atoms with van der Waals surface area (Å²) in [5.74, 6) is -3.84. The third kappa shape index (κ3) is 7.50. The van der Waals surface area contributed by atoms with E-state index >= 15 is 0 Å². The Kier molecular flexibility index (Phi) is 9.40. The van der Waals surface area contributed by atoms with Gasteiger partial charge in [-0.2, -0.15) is 73.7 Å². The Labute approximate surface area is 270 Å². The summed E-state index contributed by atoms with van der Waals surface area (Å²) in [6.07, 6.45) is -21.4. The molecule has 0 amide bonds. The average Bonchev–Trinajstić information content (AvgIpc) is 3.02. The van der Waals surface area contributed by atoms with Crippen molar-refractivity contribution in [2.45, 2.75) is 24.7 Å². The second-order valence-electron chi connectivity index (χ2n) is 9.86. The second kappa shape index (κ2) is 12.9. The summed E-state index contributed by atoms with van der Waals surface area (Å²) in [6.45, 7) is 0. The van der Waals surface area contributed by atoms with E-state index in [1.165, 1.54) is 24.3 Å². The van der Waals surface area contributed by atoms with Crippen molar-refractivity contribution in [3.05, 3.63) is 93.4 Å². The lowest BCUT2D eigenvalue weighted by Gasteiger charge is -2.18. The van der Waals surface area contributed by atoms with Crippen LogP contribution < -0.4 is 19.9 Å². The van der Waals surface area contributed by atoms with Crippen LogP contribution >= 0.6 is 0 Å². The molecule has 0 fully saturated rings. The number of rotatable bonds is 4. The molecule has 4 aromatic carbocycles. The minimum Gasteiger partial charge on any atom is -0.456 e. The quantitative estimate of drug-likeness (QED) is 0.196. The molecule has 0 aromatic heterocycles. The third-order valence-electron chi connectivity index (χ3n) is 6.65. The molecule has 0 atom stereocenters. The van der Waals surface area contributed by atoms with Crippen molar-refractivity contribution >= 4 is 21.9 Å². The summed E-state index contributed by atoms with van der Waals surface area (Å²) in [5.41, 5.74) is -8.91. The number of ether oxygens (including phenoxy) is 2. The number of alkyl halides is 12. The van der Waals surface area contributed by atoms with Gasteiger partial charge >= 0.3 is 24.7 Å². The van der Waals surface area contributed by atoms with Crippen molar-refractivity contribution in [1.29, 1.82) is 21.0 Å². The molecule has 0 bridgehead atoms. The van der Waals surface area contributed by atoms with Gasteiger partial charge in [-0.1, -0.05) is 0 Å². The van der Waals surface area contributed by atoms with Gasteiger partial charge in [0.25, 0.3) is 0 Å². The fourth-order valence-corrected chi connectivity index (χ4v) is 4.46. The Balaban J connectivity index is 2.16. The Morgan fingerprint density at radius 1 is 0.420 bits per heavy atom. The van der Waals surface area contributed by atoms with Gasteiger partial charge < -0.3 is 9.47 Å². The number of benzene rings is 4. The maximum absolute atomic E-state index is 13.6. The van der Waals surface area contributed by atoms with Gasteiger partial charge in [0.1, 0.15) is 58.4 Å². The Morgan fingerprint density at radius 3 is 0.900 bits per heavy atom. The Hall–Kier alpha value is -6.40. The highest BCUT2D eigenvalue weighted by Gasteiger charge is 2.39. The standard InChI is InChI=1S/C32H10F12N4O2/c33-29(34,35)17-5-18(30(36,37)38)8-21(7-17)49-27-23(15(11-45)12-46)1-3-25-26(27)4-2-24(16(13-47)14-48)28(25)50-22-9-19(31(39,40)41)6-20(10-22)32(42,43)44/h1-10H. The van der Waals surface area contributed by atoms with E-state index in [9.17, 15) is 73.7 Å². The highest BCUT2D eigenvalue weighted by Crippen LogP contribution is 2.42. The van der Waals surface area contributed by atoms with Gasteiger partial charge in [0.15, 0.2) is 0 Å². The summed E-state index contributed by atoms with van der Waals surface area (Å²) in [7, 11) is 0. The summed E-state index contributed by atoms with van der Waals surface area (Å²) < 4.78 is 174. The lowest BCUT2D eigenvalue weighted by molar-refractivity contribution is -0.144. The summed E-state index contributed by atoms with van der Waals surface area (Å²) in [5, 5.41) is 36.1. The van der Waals surface area contributed by atoms with E-state index in [1.807, 2.05) is 0 Å². The first-order chi connectivity index (χ1) is 23.1. The fourth-order valence-electron chi connectivity index (χ4n) is 4.46. The zero-order valence-corrected chi connectivity index (χ0v) is 23.9. The molecule has 254 valence electrons. The smallest absolute Gasteiger partial charge is 0.416 e. The highest BCUT2D eigenvalue weighted by atomic mass is 19.4. The molecule has 4 aromatic rings. The van der Waals surface area contributed by atoms with Crippen LogP contribution in [0, 0.1) is 45.3 Å². The average molecular weight is 710 g/mol. The number of nitrogens with zero attached hydrogens (tertiary/aromatic N) is 4. The number of fused-ring (bicyclic) bond motifs is 1. The predicted molar refractivity (Wildman–Crippen MR) is 146 cm³/mol. The van der Waals surface area contributed by atoms with Crippen LogP contribution in [0.25, 0.3) is 21.9 Å². The predicted octanol–water partition coefficient (Wildman–Crippen LogP) is 8.90. The van der Waals surface area contributed by atoms with Crippen molar-refractivity contribution in [2.24, 2.45) is 0 Å². The Morgan fingerprint density at radius 2 is 0.680 bits per heavy atom. The van der Waals surface area contributed by atoms with Gasteiger partial charge in [0, 0.05) is 21.2 Å². The van der Waals surface area contributed by atoms with Crippen LogP contribution in [0.3, 0.4) is 0 Å². The molecule has 0 heterocycles. The maximum Gasteiger partial charge on any atom is 0.416 e. The van der Waals surface area contributed by atoms with E-state index in [2.05, 4.69) is 0 Å². The molecule has 0 aliphatic heterocycles. The van der Waals surface area contributed by atoms with Gasteiger partial charge in [0.05, 0.1) is 22.3 Å². The molecule has 50 heavy (non-hydrogen) atoms. The normalized spacial score (nSPS) is 11.9. The molecule has 4 rings (SSSR count). The molecule has 0 N–H and O–H groups in total. The van der Waals surface area contributed by atoms with E-state index in [-0.39, 0.29) is 36.4 Å². The van der Waals surface area contributed by atoms with Crippen molar-refractivity contribution < 1.29 is 62.2 Å². The number of halogens is 12. The zero-order valence-electron chi connectivity index (χ0n) is 23.9. The molecule has 6 nitrogen and oxygen atoms in total. The largest absolute Gasteiger partial charge is 0.456 e. The van der Waals surface area contributed by atoms with Gasteiger partial charge in [0.2, 0.25) is 0 Å². The van der Waals surface area contributed by atoms with Gasteiger partial charge in [-0.25, -0.2) is 0 Å². The van der Waals surface area contributed by atoms with Crippen molar-refractivity contribution in [1.82, 2.24) is 0 Å². The number of hydrogen-bond acceptors (Lipinski definition) is 6. The molecule has 0 saturated heterocycles. The lowest BCUT2D eigenvalue weighted by Crippen LogP contribution is -2.15. The van der Waals surface area contributed by atoms with E-state index < -0.39 is 102 Å². The monoisotopic (exact) mass is 710 g/mol. The zero-order chi connectivity index (χ0) is 37.4. The summed E-state index contributed by atoms with van der Waals surface area (Å²) in [4.78, 5) is 0. The molecule has 0 spiro atoms. The number of hydrogen-bond donors (Lipinski definition) is 0. The van der Waals surface area contributed by atoms with Crippen LogP contribution in [0.1, 0.15) is 22.3 Å². The molecule has 0 aliphatic carbocycles. The molecule has 0 aliphatic rings. The first-order valence-corrected chi connectivity index (χ1v) is 13.0.